The van der Waals surface area contributed by atoms with Crippen molar-refractivity contribution in [3.63, 3.8) is 0 Å². The van der Waals surface area contributed by atoms with Gasteiger partial charge in [0.1, 0.15) is 21.7 Å². The molecule has 0 spiro atoms. The highest BCUT2D eigenvalue weighted by Crippen LogP contribution is 2.61. The normalized spacial score (nSPS) is 12.1. The average molecular weight is 676 g/mol. The minimum atomic E-state index is -2.24. The van der Waals surface area contributed by atoms with Gasteiger partial charge in [0, 0.05) is 17.5 Å². The van der Waals surface area contributed by atoms with Crippen LogP contribution in [0.15, 0.2) is 120 Å². The highest BCUT2D eigenvalue weighted by molar-refractivity contribution is 7.96. The van der Waals surface area contributed by atoms with Gasteiger partial charge in [0.05, 0.1) is 0 Å². The van der Waals surface area contributed by atoms with Crippen LogP contribution in [-0.2, 0) is 0 Å². The predicted octanol–water partition coefficient (Wildman–Crippen LogP) is 5.91. The van der Waals surface area contributed by atoms with Crippen LogP contribution < -0.4 is 43.1 Å². The fraction of sp³-hybridized carbons (Fsp3) is 0.195. The molecule has 0 radical (unpaired) electrons. The van der Waals surface area contributed by atoms with Gasteiger partial charge in [0.25, 0.3) is 0 Å². The minimum Gasteiger partial charge on any atom is -1.00 e. The minimum absolute atomic E-state index is 0. The zero-order chi connectivity index (χ0) is 31.0. The van der Waals surface area contributed by atoms with Crippen molar-refractivity contribution in [3.8, 4) is 28.0 Å². The lowest BCUT2D eigenvalue weighted by atomic mass is 9.95. The highest BCUT2D eigenvalue weighted by Gasteiger charge is 2.53. The third kappa shape index (κ3) is 5.85. The van der Waals surface area contributed by atoms with Crippen LogP contribution in [0.4, 0.5) is 0 Å². The number of rotatable bonds is 9. The smallest absolute Gasteiger partial charge is 0.219 e. The van der Waals surface area contributed by atoms with E-state index in [1.54, 1.807) is 0 Å². The van der Waals surface area contributed by atoms with Crippen LogP contribution in [-0.4, -0.2) is 5.85 Å². The Hall–Kier alpha value is -3.78. The second-order valence-corrected chi connectivity index (χ2v) is 15.6. The summed E-state index contributed by atoms with van der Waals surface area (Å²) in [6.07, 6.45) is 0.839. The molecule has 0 aromatic heterocycles. The van der Waals surface area contributed by atoms with Crippen molar-refractivity contribution < 1.29 is 21.7 Å². The van der Waals surface area contributed by atoms with Gasteiger partial charge >= 0.3 is 0 Å². The first-order valence-electron chi connectivity index (χ1n) is 15.5. The maximum atomic E-state index is 13.3. The van der Waals surface area contributed by atoms with Crippen molar-refractivity contribution in [1.82, 2.24) is 0 Å². The maximum absolute atomic E-state index is 13.3. The van der Waals surface area contributed by atoms with Crippen LogP contribution in [0.1, 0.15) is 41.2 Å². The number of benzene rings is 5. The Morgan fingerprint density at radius 3 is 1.27 bits per heavy atom. The van der Waals surface area contributed by atoms with Gasteiger partial charge in [0.2, 0.25) is 5.85 Å². The summed E-state index contributed by atoms with van der Waals surface area (Å²) in [5, 5.41) is 3.91. The fourth-order valence-corrected chi connectivity index (χ4v) is 11.8. The maximum Gasteiger partial charge on any atom is 0.219 e. The molecule has 2 nitrogen and oxygen atoms in total. The molecule has 228 valence electrons. The predicted molar refractivity (Wildman–Crippen MR) is 189 cm³/mol. The highest BCUT2D eigenvalue weighted by atomic mass is 79.9. The van der Waals surface area contributed by atoms with E-state index in [0.29, 0.717) is 0 Å². The number of ether oxygens (including phenoxy) is 1. The van der Waals surface area contributed by atoms with Crippen molar-refractivity contribution >= 4 is 23.2 Å². The molecule has 0 amide bonds. The molecule has 45 heavy (non-hydrogen) atoms. The Morgan fingerprint density at radius 2 is 0.911 bits per heavy atom. The van der Waals surface area contributed by atoms with Crippen LogP contribution >= 0.6 is 7.26 Å². The van der Waals surface area contributed by atoms with Gasteiger partial charge < -0.3 is 21.7 Å². The number of halogens is 1. The lowest BCUT2D eigenvalue weighted by Gasteiger charge is -2.34. The van der Waals surface area contributed by atoms with Gasteiger partial charge in [-0.25, -0.2) is 0 Å². The van der Waals surface area contributed by atoms with E-state index < -0.39 is 7.26 Å². The lowest BCUT2D eigenvalue weighted by Crippen LogP contribution is -3.00. The van der Waals surface area contributed by atoms with Gasteiger partial charge in [-0.2, -0.15) is 0 Å². The van der Waals surface area contributed by atoms with Gasteiger partial charge in [-0.3, -0.25) is 4.79 Å². The van der Waals surface area contributed by atoms with Crippen molar-refractivity contribution in [2.24, 2.45) is 0 Å². The molecule has 6 aromatic carbocycles. The first kappa shape index (κ1) is 32.6. The molecule has 0 aliphatic carbocycles. The summed E-state index contributed by atoms with van der Waals surface area (Å²) < 4.78 is 7.15. The standard InChI is InChI=1S/C41H40O2P.BrH/c1-7-36(44(33-17-11-8-12-18-33,34-19-13-9-14-20-34)35-21-15-10-16-22-35)43-32-25-30(5)38(31(6)26-32)40-39(41(40)42)37-28(3)23-27(2)24-29(37)4;/h8-26,36H,7H2,1-6H3;1H/q+1;/p-1. The van der Waals surface area contributed by atoms with E-state index in [4.69, 9.17) is 4.74 Å². The molecule has 0 aliphatic heterocycles. The molecule has 0 N–H and O–H groups in total. The molecule has 1 atom stereocenters. The Bertz CT molecular complexity index is 1790. The van der Waals surface area contributed by atoms with Gasteiger partial charge in [-0.1, -0.05) is 79.2 Å². The van der Waals surface area contributed by atoms with Crippen molar-refractivity contribution in [3.05, 3.63) is 153 Å². The van der Waals surface area contributed by atoms with E-state index in [2.05, 4.69) is 157 Å². The van der Waals surface area contributed by atoms with Gasteiger partial charge in [-0.15, -0.1) is 0 Å². The topological polar surface area (TPSA) is 26.3 Å². The summed E-state index contributed by atoms with van der Waals surface area (Å²) in [7, 11) is -2.24. The molecule has 0 saturated heterocycles. The average Bonchev–Trinajstić information content (AvgIpc) is 3.66. The second kappa shape index (κ2) is 13.3. The number of hydrogen-bond acceptors (Lipinski definition) is 2. The van der Waals surface area contributed by atoms with Gasteiger partial charge in [0.15, 0.2) is 12.7 Å². The molecule has 1 unspecified atom stereocenters. The van der Waals surface area contributed by atoms with E-state index in [9.17, 15) is 4.79 Å². The van der Waals surface area contributed by atoms with Crippen LogP contribution in [0.25, 0.3) is 22.3 Å². The van der Waals surface area contributed by atoms with Crippen LogP contribution in [0.5, 0.6) is 5.75 Å². The number of aryl methyl sites for hydroxylation is 5. The summed E-state index contributed by atoms with van der Waals surface area (Å²) in [5.74, 6) is 0.759. The molecular weight excluding hydrogens is 635 g/mol. The summed E-state index contributed by atoms with van der Waals surface area (Å²) >= 11 is 0. The third-order valence-corrected chi connectivity index (χ3v) is 13.5. The Balaban J connectivity index is 0.00000400. The van der Waals surface area contributed by atoms with Crippen molar-refractivity contribution in [2.45, 2.75) is 53.8 Å². The molecule has 6 aromatic rings. The zero-order valence-electron chi connectivity index (χ0n) is 26.9. The fourth-order valence-electron chi connectivity index (χ4n) is 7.14. The van der Waals surface area contributed by atoms with Crippen LogP contribution in [0, 0.1) is 34.6 Å². The second-order valence-electron chi connectivity index (χ2n) is 12.0. The molecule has 4 heteroatoms. The Kier molecular flexibility index (Phi) is 9.63. The third-order valence-electron chi connectivity index (χ3n) is 8.87. The molecule has 0 bridgehead atoms. The SMILES string of the molecule is CCC(Oc1cc(C)c(-c2c(-c3c(C)cc(C)cc3C)c2=O)c(C)c1)[P+](c1ccccc1)(c1ccccc1)c1ccccc1.[Br-]. The van der Waals surface area contributed by atoms with E-state index in [-0.39, 0.29) is 28.3 Å². The summed E-state index contributed by atoms with van der Waals surface area (Å²) in [5.41, 5.74) is 9.69. The molecule has 0 heterocycles. The molecule has 0 aliphatic rings. The van der Waals surface area contributed by atoms with Crippen LogP contribution in [0.2, 0.25) is 0 Å². The quantitative estimate of drug-likeness (QED) is 0.178. The first-order chi connectivity index (χ1) is 21.3. The number of hydrogen-bond donors (Lipinski definition) is 0. The van der Waals surface area contributed by atoms with Gasteiger partial charge in [-0.05, 0) is 117 Å². The molecule has 0 saturated carbocycles. The van der Waals surface area contributed by atoms with Crippen molar-refractivity contribution in [2.75, 3.05) is 0 Å². The van der Waals surface area contributed by atoms with Crippen molar-refractivity contribution in [1.29, 1.82) is 0 Å². The largest absolute Gasteiger partial charge is 1.00 e. The first-order valence-corrected chi connectivity index (χ1v) is 17.3. The summed E-state index contributed by atoms with van der Waals surface area (Å²) in [6.45, 7) is 12.8. The van der Waals surface area contributed by atoms with E-state index in [1.807, 2.05) is 0 Å². The Labute approximate surface area is 278 Å². The van der Waals surface area contributed by atoms with E-state index in [0.717, 1.165) is 56.7 Å². The molecule has 6 rings (SSSR count). The lowest BCUT2D eigenvalue weighted by molar-refractivity contribution is -0.00000951. The zero-order valence-corrected chi connectivity index (χ0v) is 29.4. The van der Waals surface area contributed by atoms with Crippen LogP contribution in [0.3, 0.4) is 0 Å². The molecule has 0 fully saturated rings. The van der Waals surface area contributed by atoms with E-state index in [1.165, 1.54) is 21.5 Å². The molecular formula is C41H40BrO2P. The summed E-state index contributed by atoms with van der Waals surface area (Å²) in [6, 6.07) is 41.3. The summed E-state index contributed by atoms with van der Waals surface area (Å²) in [4.78, 5) is 13.3. The monoisotopic (exact) mass is 674 g/mol. The van der Waals surface area contributed by atoms with E-state index >= 15 is 0 Å². The Morgan fingerprint density at radius 1 is 0.556 bits per heavy atom.